The zero-order chi connectivity index (χ0) is 21.7. The third kappa shape index (κ3) is 5.34. The highest BCUT2D eigenvalue weighted by molar-refractivity contribution is 7.91. The second kappa shape index (κ2) is 9.23. The average Bonchev–Trinajstić information content (AvgIpc) is 2.74. The SMILES string of the molecule is CCc1ccc(-c2ccc(=O)[nH]n2)cc1S(=O)(=O)CCC(=O)Nc1ccc(Cl)cc1. The lowest BCUT2D eigenvalue weighted by Gasteiger charge is -2.12. The van der Waals surface area contributed by atoms with Gasteiger partial charge < -0.3 is 5.32 Å². The minimum Gasteiger partial charge on any atom is -0.326 e. The Morgan fingerprint density at radius 3 is 2.47 bits per heavy atom. The zero-order valence-electron chi connectivity index (χ0n) is 16.2. The molecule has 3 rings (SSSR count). The van der Waals surface area contributed by atoms with Crippen molar-refractivity contribution >= 4 is 33.0 Å². The highest BCUT2D eigenvalue weighted by Gasteiger charge is 2.21. The van der Waals surface area contributed by atoms with Crippen molar-refractivity contribution in [3.05, 3.63) is 75.5 Å². The molecule has 0 saturated carbocycles. The van der Waals surface area contributed by atoms with E-state index in [2.05, 4.69) is 15.5 Å². The van der Waals surface area contributed by atoms with Gasteiger partial charge in [0.1, 0.15) is 0 Å². The highest BCUT2D eigenvalue weighted by Crippen LogP contribution is 2.25. The van der Waals surface area contributed by atoms with Crippen LogP contribution in [0.25, 0.3) is 11.3 Å². The third-order valence-corrected chi connectivity index (χ3v) is 6.53. The number of halogens is 1. The molecule has 1 aromatic heterocycles. The quantitative estimate of drug-likeness (QED) is 0.578. The number of hydrogen-bond donors (Lipinski definition) is 2. The van der Waals surface area contributed by atoms with Crippen LogP contribution in [0.2, 0.25) is 5.02 Å². The molecule has 7 nitrogen and oxygen atoms in total. The van der Waals surface area contributed by atoms with Crippen molar-refractivity contribution < 1.29 is 13.2 Å². The molecule has 30 heavy (non-hydrogen) atoms. The van der Waals surface area contributed by atoms with Crippen molar-refractivity contribution in [3.63, 3.8) is 0 Å². The Labute approximate surface area is 179 Å². The molecule has 0 bridgehead atoms. The lowest BCUT2D eigenvalue weighted by atomic mass is 10.1. The van der Waals surface area contributed by atoms with Crippen LogP contribution >= 0.6 is 11.6 Å². The molecule has 156 valence electrons. The maximum absolute atomic E-state index is 13.0. The summed E-state index contributed by atoms with van der Waals surface area (Å²) in [5.41, 5.74) is 1.87. The molecule has 0 atom stereocenters. The van der Waals surface area contributed by atoms with Crippen LogP contribution in [-0.4, -0.2) is 30.3 Å². The standard InChI is InChI=1S/C21H20ClN3O4S/c1-2-14-3-4-15(18-9-10-21(27)25-24-18)13-19(14)30(28,29)12-11-20(26)23-17-7-5-16(22)6-8-17/h3-10,13H,2,11-12H2,1H3,(H,23,26)(H,25,27). The van der Waals surface area contributed by atoms with E-state index in [9.17, 15) is 18.0 Å². The molecule has 3 aromatic rings. The fraction of sp³-hybridized carbons (Fsp3) is 0.190. The molecular weight excluding hydrogens is 426 g/mol. The number of hydrogen-bond acceptors (Lipinski definition) is 5. The fourth-order valence-corrected chi connectivity index (χ4v) is 4.61. The van der Waals surface area contributed by atoms with E-state index in [0.717, 1.165) is 0 Å². The molecule has 0 unspecified atom stereocenters. The Kier molecular flexibility index (Phi) is 6.69. The summed E-state index contributed by atoms with van der Waals surface area (Å²) in [7, 11) is -3.72. The zero-order valence-corrected chi connectivity index (χ0v) is 17.8. The van der Waals surface area contributed by atoms with E-state index in [1.54, 1.807) is 36.4 Å². The number of anilines is 1. The lowest BCUT2D eigenvalue weighted by molar-refractivity contribution is -0.115. The van der Waals surface area contributed by atoms with Crippen molar-refractivity contribution in [2.24, 2.45) is 0 Å². The van der Waals surface area contributed by atoms with Crippen LogP contribution in [0.1, 0.15) is 18.9 Å². The summed E-state index contributed by atoms with van der Waals surface area (Å²) in [6.07, 6.45) is 0.333. The molecule has 0 radical (unpaired) electrons. The molecule has 1 heterocycles. The van der Waals surface area contributed by atoms with Gasteiger partial charge in [0.05, 0.1) is 16.3 Å². The van der Waals surface area contributed by atoms with Gasteiger partial charge in [-0.3, -0.25) is 9.59 Å². The van der Waals surface area contributed by atoms with Gasteiger partial charge >= 0.3 is 0 Å². The Morgan fingerprint density at radius 2 is 1.83 bits per heavy atom. The number of amides is 1. The first kappa shape index (κ1) is 21.7. The number of sulfone groups is 1. The van der Waals surface area contributed by atoms with Crippen molar-refractivity contribution in [2.75, 3.05) is 11.1 Å². The first-order valence-electron chi connectivity index (χ1n) is 9.25. The van der Waals surface area contributed by atoms with Crippen LogP contribution in [0.5, 0.6) is 0 Å². The van der Waals surface area contributed by atoms with E-state index in [-0.39, 0.29) is 22.6 Å². The van der Waals surface area contributed by atoms with Crippen LogP contribution in [0.3, 0.4) is 0 Å². The Hall–Kier alpha value is -2.97. The normalized spacial score (nSPS) is 11.3. The summed E-state index contributed by atoms with van der Waals surface area (Å²) in [6.45, 7) is 1.86. The largest absolute Gasteiger partial charge is 0.326 e. The number of aromatic amines is 1. The van der Waals surface area contributed by atoms with Gasteiger partial charge in [-0.2, -0.15) is 5.10 Å². The maximum Gasteiger partial charge on any atom is 0.264 e. The number of aromatic nitrogens is 2. The molecule has 0 saturated heterocycles. The molecule has 0 aliphatic carbocycles. The highest BCUT2D eigenvalue weighted by atomic mass is 35.5. The van der Waals surface area contributed by atoms with Gasteiger partial charge in [-0.25, -0.2) is 13.5 Å². The number of rotatable bonds is 7. The van der Waals surface area contributed by atoms with E-state index < -0.39 is 15.7 Å². The van der Waals surface area contributed by atoms with Gasteiger partial charge in [0.25, 0.3) is 5.56 Å². The van der Waals surface area contributed by atoms with Crippen molar-refractivity contribution in [1.29, 1.82) is 0 Å². The number of benzene rings is 2. The number of carbonyl (C=O) groups excluding carboxylic acids is 1. The van der Waals surface area contributed by atoms with Crippen molar-refractivity contribution in [2.45, 2.75) is 24.7 Å². The van der Waals surface area contributed by atoms with Crippen LogP contribution < -0.4 is 10.9 Å². The second-order valence-corrected chi connectivity index (χ2v) is 9.12. The van der Waals surface area contributed by atoms with Crippen LogP contribution in [-0.2, 0) is 21.1 Å². The topological polar surface area (TPSA) is 109 Å². The summed E-state index contributed by atoms with van der Waals surface area (Å²) in [5.74, 6) is -0.737. The van der Waals surface area contributed by atoms with Crippen LogP contribution in [0, 0.1) is 0 Å². The van der Waals surface area contributed by atoms with Gasteiger partial charge in [-0.05, 0) is 48.4 Å². The van der Waals surface area contributed by atoms with Gasteiger partial charge in [0, 0.05) is 28.8 Å². The molecule has 9 heteroatoms. The Morgan fingerprint density at radius 1 is 1.10 bits per heavy atom. The molecule has 0 aliphatic heterocycles. The Bertz CT molecular complexity index is 1200. The first-order valence-corrected chi connectivity index (χ1v) is 11.3. The molecule has 0 fully saturated rings. The second-order valence-electron chi connectivity index (χ2n) is 6.61. The molecule has 2 aromatic carbocycles. The summed E-state index contributed by atoms with van der Waals surface area (Å²) in [6, 6.07) is 14.4. The number of nitrogens with one attached hydrogen (secondary N) is 2. The lowest BCUT2D eigenvalue weighted by Crippen LogP contribution is -2.18. The van der Waals surface area contributed by atoms with Crippen LogP contribution in [0.4, 0.5) is 5.69 Å². The number of carbonyl (C=O) groups is 1. The minimum atomic E-state index is -3.72. The maximum atomic E-state index is 13.0. The monoisotopic (exact) mass is 445 g/mol. The van der Waals surface area contributed by atoms with E-state index in [1.807, 2.05) is 6.92 Å². The summed E-state index contributed by atoms with van der Waals surface area (Å²) < 4.78 is 26.0. The fourth-order valence-electron chi connectivity index (χ4n) is 2.89. The third-order valence-electron chi connectivity index (χ3n) is 4.48. The predicted octanol–water partition coefficient (Wildman–Crippen LogP) is 3.46. The number of nitrogens with zero attached hydrogens (tertiary/aromatic N) is 1. The molecule has 2 N–H and O–H groups in total. The summed E-state index contributed by atoms with van der Waals surface area (Å²) in [5, 5.41) is 9.48. The van der Waals surface area contributed by atoms with E-state index in [1.165, 1.54) is 18.2 Å². The van der Waals surface area contributed by atoms with E-state index in [4.69, 9.17) is 11.6 Å². The summed E-state index contributed by atoms with van der Waals surface area (Å²) in [4.78, 5) is 23.6. The average molecular weight is 446 g/mol. The van der Waals surface area contributed by atoms with Crippen molar-refractivity contribution in [1.82, 2.24) is 10.2 Å². The van der Waals surface area contributed by atoms with Crippen LogP contribution in [0.15, 0.2) is 64.3 Å². The van der Waals surface area contributed by atoms with E-state index >= 15 is 0 Å². The van der Waals surface area contributed by atoms with Gasteiger partial charge in [0.2, 0.25) is 5.91 Å². The van der Waals surface area contributed by atoms with Gasteiger partial charge in [-0.15, -0.1) is 0 Å². The number of aryl methyl sites for hydroxylation is 1. The van der Waals surface area contributed by atoms with Gasteiger partial charge in [0.15, 0.2) is 9.84 Å². The molecule has 1 amide bonds. The molecular formula is C21H20ClN3O4S. The smallest absolute Gasteiger partial charge is 0.264 e. The van der Waals surface area contributed by atoms with E-state index in [0.29, 0.717) is 34.0 Å². The Balaban J connectivity index is 1.79. The van der Waals surface area contributed by atoms with Crippen molar-refractivity contribution in [3.8, 4) is 11.3 Å². The number of H-pyrrole nitrogens is 1. The van der Waals surface area contributed by atoms with Gasteiger partial charge in [-0.1, -0.05) is 30.7 Å². The summed E-state index contributed by atoms with van der Waals surface area (Å²) >= 11 is 5.82. The predicted molar refractivity (Wildman–Crippen MR) is 116 cm³/mol. The molecule has 0 spiro atoms. The molecule has 0 aliphatic rings. The minimum absolute atomic E-state index is 0.162. The first-order chi connectivity index (χ1) is 14.3.